The maximum atomic E-state index is 7.47. The van der Waals surface area contributed by atoms with Crippen molar-refractivity contribution in [3.63, 3.8) is 0 Å². The van der Waals surface area contributed by atoms with Crippen molar-refractivity contribution < 1.29 is 18.6 Å². The Morgan fingerprint density at radius 1 is 0.861 bits per heavy atom. The summed E-state index contributed by atoms with van der Waals surface area (Å²) in [4.78, 5) is 0. The van der Waals surface area contributed by atoms with Crippen LogP contribution >= 0.6 is 0 Å². The van der Waals surface area contributed by atoms with Gasteiger partial charge in [0.05, 0.1) is 25.4 Å². The molecule has 0 heterocycles. The molecule has 0 unspecified atom stereocenters. The molecule has 0 aromatic heterocycles. The van der Waals surface area contributed by atoms with Gasteiger partial charge in [0.1, 0.15) is 6.79 Å². The molecule has 5 heteroatoms. The second-order valence-electron chi connectivity index (χ2n) is 10.4. The predicted octanol–water partition coefficient (Wildman–Crippen LogP) is 6.48. The Hall–Kier alpha value is -1.76. The van der Waals surface area contributed by atoms with Crippen LogP contribution < -0.4 is 10.4 Å². The quantitative estimate of drug-likeness (QED) is 0.0991. The molecule has 2 aromatic rings. The van der Waals surface area contributed by atoms with E-state index in [1.54, 1.807) is 7.11 Å². The van der Waals surface area contributed by atoms with Gasteiger partial charge in [-0.3, -0.25) is 0 Å². The van der Waals surface area contributed by atoms with Gasteiger partial charge in [-0.25, -0.2) is 0 Å². The van der Waals surface area contributed by atoms with Crippen molar-refractivity contribution in [2.75, 3.05) is 27.1 Å². The maximum Gasteiger partial charge on any atom is 0.261 e. The summed E-state index contributed by atoms with van der Waals surface area (Å²) in [6.45, 7) is 14.6. The van der Waals surface area contributed by atoms with E-state index in [0.29, 0.717) is 13.2 Å². The molecule has 0 aliphatic rings. The van der Waals surface area contributed by atoms with Crippen molar-refractivity contribution in [1.29, 1.82) is 0 Å². The first-order chi connectivity index (χ1) is 17.4. The Kier molecular flexibility index (Phi) is 13.7. The van der Waals surface area contributed by atoms with Gasteiger partial charge in [-0.1, -0.05) is 120 Å². The predicted molar refractivity (Wildman–Crippen MR) is 154 cm³/mol. The van der Waals surface area contributed by atoms with Crippen LogP contribution in [0.2, 0.25) is 5.04 Å². The molecule has 0 aliphatic heterocycles. The van der Waals surface area contributed by atoms with Crippen molar-refractivity contribution in [2.24, 2.45) is 0 Å². The lowest BCUT2D eigenvalue weighted by atomic mass is 10.0. The van der Waals surface area contributed by atoms with E-state index < -0.39 is 8.32 Å². The molecule has 0 N–H and O–H groups in total. The first-order valence-electron chi connectivity index (χ1n) is 13.5. The zero-order valence-electron chi connectivity index (χ0n) is 23.2. The van der Waals surface area contributed by atoms with Crippen LogP contribution in [0.1, 0.15) is 66.2 Å². The summed E-state index contributed by atoms with van der Waals surface area (Å²) in [5.74, 6) is 0. The van der Waals surface area contributed by atoms with Gasteiger partial charge in [0.25, 0.3) is 8.32 Å². The SMILES string of the molecule is C=CC[C@H](O[Si](c1ccccc1)(c1ccccc1)C(C)(C)C)[C@H](CCCCCC)OCOCCOC. The third-order valence-corrected chi connectivity index (χ3v) is 11.8. The second-order valence-corrected chi connectivity index (χ2v) is 14.7. The summed E-state index contributed by atoms with van der Waals surface area (Å²) in [5, 5.41) is 2.45. The third-order valence-electron chi connectivity index (χ3n) is 6.70. The fourth-order valence-corrected chi connectivity index (χ4v) is 9.56. The monoisotopic (exact) mass is 512 g/mol. The number of hydrogen-bond donors (Lipinski definition) is 0. The van der Waals surface area contributed by atoms with Crippen molar-refractivity contribution in [1.82, 2.24) is 0 Å². The molecule has 36 heavy (non-hydrogen) atoms. The van der Waals surface area contributed by atoms with Crippen molar-refractivity contribution in [3.8, 4) is 0 Å². The number of methoxy groups -OCH3 is 1. The highest BCUT2D eigenvalue weighted by molar-refractivity contribution is 6.99. The molecule has 0 radical (unpaired) electrons. The van der Waals surface area contributed by atoms with Gasteiger partial charge in [-0.2, -0.15) is 0 Å². The Morgan fingerprint density at radius 2 is 1.47 bits per heavy atom. The van der Waals surface area contributed by atoms with E-state index in [1.807, 2.05) is 6.08 Å². The maximum absolute atomic E-state index is 7.47. The van der Waals surface area contributed by atoms with Gasteiger partial charge in [-0.05, 0) is 28.3 Å². The summed E-state index contributed by atoms with van der Waals surface area (Å²) < 4.78 is 24.7. The highest BCUT2D eigenvalue weighted by atomic mass is 28.4. The Labute approximate surface area is 221 Å². The van der Waals surface area contributed by atoms with E-state index in [4.69, 9.17) is 18.6 Å². The molecule has 0 aliphatic carbocycles. The van der Waals surface area contributed by atoms with Crippen LogP contribution in [0.3, 0.4) is 0 Å². The average molecular weight is 513 g/mol. The van der Waals surface area contributed by atoms with E-state index in [1.165, 1.54) is 29.6 Å². The molecular formula is C31H48O4Si. The molecule has 2 atom stereocenters. The Morgan fingerprint density at radius 3 is 1.97 bits per heavy atom. The molecule has 4 nitrogen and oxygen atoms in total. The van der Waals surface area contributed by atoms with E-state index in [9.17, 15) is 0 Å². The highest BCUT2D eigenvalue weighted by Gasteiger charge is 2.52. The lowest BCUT2D eigenvalue weighted by Crippen LogP contribution is -2.68. The standard InChI is InChI=1S/C31H48O4Si/c1-7-9-10-17-23-29(34-26-33-25-24-32-6)30(18-8-2)35-36(31(3,4)5,27-19-13-11-14-20-27)28-21-15-12-16-22-28/h8,11-16,19-22,29-30H,2,7,9-10,17-18,23-26H2,1,3-6H3/t29-,30-/m0/s1. The van der Waals surface area contributed by atoms with Crippen LogP contribution in [0.25, 0.3) is 0 Å². The number of benzene rings is 2. The minimum absolute atomic E-state index is 0.0796. The van der Waals surface area contributed by atoms with Crippen LogP contribution in [0.15, 0.2) is 73.3 Å². The van der Waals surface area contributed by atoms with Crippen LogP contribution in [0, 0.1) is 0 Å². The third kappa shape index (κ3) is 8.67. The summed E-state index contributed by atoms with van der Waals surface area (Å²) in [5.41, 5.74) is 0. The first-order valence-corrected chi connectivity index (χ1v) is 15.4. The van der Waals surface area contributed by atoms with E-state index in [-0.39, 0.29) is 24.0 Å². The normalized spacial score (nSPS) is 13.9. The van der Waals surface area contributed by atoms with Crippen LogP contribution in [0.4, 0.5) is 0 Å². The lowest BCUT2D eigenvalue weighted by molar-refractivity contribution is -0.127. The minimum Gasteiger partial charge on any atom is -0.402 e. The fraction of sp³-hybridized carbons (Fsp3) is 0.548. The molecule has 0 amide bonds. The van der Waals surface area contributed by atoms with Gasteiger partial charge in [0.15, 0.2) is 0 Å². The summed E-state index contributed by atoms with van der Waals surface area (Å²) in [6.07, 6.45) is 8.17. The van der Waals surface area contributed by atoms with Gasteiger partial charge < -0.3 is 18.6 Å². The number of rotatable bonds is 18. The topological polar surface area (TPSA) is 36.9 Å². The summed E-state index contributed by atoms with van der Waals surface area (Å²) in [6, 6.07) is 21.6. The molecule has 0 bridgehead atoms. The minimum atomic E-state index is -2.72. The fourth-order valence-electron chi connectivity index (χ4n) is 4.84. The van der Waals surface area contributed by atoms with Gasteiger partial charge in [-0.15, -0.1) is 6.58 Å². The molecule has 2 aromatic carbocycles. The smallest absolute Gasteiger partial charge is 0.261 e. The number of ether oxygens (including phenoxy) is 3. The van der Waals surface area contributed by atoms with Gasteiger partial charge in [0, 0.05) is 7.11 Å². The van der Waals surface area contributed by atoms with Crippen molar-refractivity contribution in [3.05, 3.63) is 73.3 Å². The molecule has 0 spiro atoms. The largest absolute Gasteiger partial charge is 0.402 e. The molecule has 0 fully saturated rings. The van der Waals surface area contributed by atoms with Crippen molar-refractivity contribution in [2.45, 2.75) is 83.5 Å². The van der Waals surface area contributed by atoms with E-state index in [0.717, 1.165) is 19.3 Å². The van der Waals surface area contributed by atoms with Crippen LogP contribution in [-0.2, 0) is 18.6 Å². The van der Waals surface area contributed by atoms with E-state index in [2.05, 4.69) is 94.9 Å². The lowest BCUT2D eigenvalue weighted by Gasteiger charge is -2.46. The van der Waals surface area contributed by atoms with E-state index >= 15 is 0 Å². The Bertz CT molecular complexity index is 795. The van der Waals surface area contributed by atoms with Crippen LogP contribution in [-0.4, -0.2) is 47.6 Å². The van der Waals surface area contributed by atoms with Gasteiger partial charge in [0.2, 0.25) is 0 Å². The van der Waals surface area contributed by atoms with Crippen LogP contribution in [0.5, 0.6) is 0 Å². The van der Waals surface area contributed by atoms with Gasteiger partial charge >= 0.3 is 0 Å². The zero-order valence-corrected chi connectivity index (χ0v) is 24.2. The molecule has 2 rings (SSSR count). The van der Waals surface area contributed by atoms with Crippen molar-refractivity contribution >= 4 is 18.7 Å². The summed E-state index contributed by atoms with van der Waals surface area (Å²) in [7, 11) is -1.04. The molecule has 0 saturated carbocycles. The highest BCUT2D eigenvalue weighted by Crippen LogP contribution is 2.38. The number of hydrogen-bond acceptors (Lipinski definition) is 4. The zero-order chi connectivity index (χ0) is 26.3. The summed E-state index contributed by atoms with van der Waals surface area (Å²) >= 11 is 0. The first kappa shape index (κ1) is 30.5. The second kappa shape index (κ2) is 16.2. The molecular weight excluding hydrogens is 464 g/mol. The number of unbranched alkanes of at least 4 members (excludes halogenated alkanes) is 3. The Balaban J connectivity index is 2.47. The average Bonchev–Trinajstić information content (AvgIpc) is 2.88. The molecule has 200 valence electrons. The molecule has 0 saturated heterocycles.